The molecule has 6 heteroatoms. The van der Waals surface area contributed by atoms with Crippen LogP contribution in [0.2, 0.25) is 0 Å². The summed E-state index contributed by atoms with van der Waals surface area (Å²) in [6.07, 6.45) is 0. The number of nitrogens with one attached hydrogen (secondary N) is 1. The summed E-state index contributed by atoms with van der Waals surface area (Å²) in [5, 5.41) is 7.56. The van der Waals surface area contributed by atoms with Gasteiger partial charge in [0.15, 0.2) is 0 Å². The molecule has 0 aliphatic rings. The standard InChI is InChI=1S/C19H20FN3O2/c1-10(2)17(13-5-7-14(20)8-6-13)22-18(24)15-9-11(3)21-19-16(15)12(4)23-25-19/h5-10,17H,1-4H3,(H,22,24). The van der Waals surface area contributed by atoms with E-state index in [0.717, 1.165) is 5.56 Å². The lowest BCUT2D eigenvalue weighted by Crippen LogP contribution is -2.32. The monoisotopic (exact) mass is 341 g/mol. The highest BCUT2D eigenvalue weighted by Gasteiger charge is 2.23. The molecule has 5 nitrogen and oxygen atoms in total. The zero-order valence-corrected chi connectivity index (χ0v) is 14.6. The van der Waals surface area contributed by atoms with Crippen molar-refractivity contribution < 1.29 is 13.7 Å². The molecule has 1 atom stereocenters. The molecule has 0 radical (unpaired) electrons. The van der Waals surface area contributed by atoms with Crippen LogP contribution in [0.15, 0.2) is 34.9 Å². The minimum atomic E-state index is -0.302. The van der Waals surface area contributed by atoms with Crippen LogP contribution >= 0.6 is 0 Å². The Kier molecular flexibility index (Phi) is 4.53. The average Bonchev–Trinajstić information content (AvgIpc) is 2.93. The molecule has 2 heterocycles. The number of aromatic nitrogens is 2. The number of pyridine rings is 1. The van der Waals surface area contributed by atoms with Crippen molar-refractivity contribution >= 4 is 17.0 Å². The molecule has 0 saturated heterocycles. The fourth-order valence-electron chi connectivity index (χ4n) is 2.92. The number of nitrogens with zero attached hydrogens (tertiary/aromatic N) is 2. The van der Waals surface area contributed by atoms with Gasteiger partial charge in [0.2, 0.25) is 0 Å². The van der Waals surface area contributed by atoms with Crippen LogP contribution < -0.4 is 5.32 Å². The normalized spacial score (nSPS) is 12.6. The van der Waals surface area contributed by atoms with Crippen molar-refractivity contribution in [2.45, 2.75) is 33.7 Å². The number of halogens is 1. The highest BCUT2D eigenvalue weighted by Crippen LogP contribution is 2.25. The fraction of sp³-hybridized carbons (Fsp3) is 0.316. The number of fused-ring (bicyclic) bond motifs is 1. The summed E-state index contributed by atoms with van der Waals surface area (Å²) in [5.41, 5.74) is 2.99. The first-order chi connectivity index (χ1) is 11.9. The van der Waals surface area contributed by atoms with Crippen LogP contribution in [0.1, 0.15) is 47.2 Å². The quantitative estimate of drug-likeness (QED) is 0.775. The molecule has 0 fully saturated rings. The van der Waals surface area contributed by atoms with E-state index in [1.807, 2.05) is 13.8 Å². The molecule has 130 valence electrons. The van der Waals surface area contributed by atoms with Gasteiger partial charge in [0.25, 0.3) is 11.6 Å². The van der Waals surface area contributed by atoms with E-state index in [1.165, 1.54) is 12.1 Å². The zero-order chi connectivity index (χ0) is 18.1. The fourth-order valence-corrected chi connectivity index (χ4v) is 2.92. The lowest BCUT2D eigenvalue weighted by Gasteiger charge is -2.23. The molecule has 25 heavy (non-hydrogen) atoms. The Morgan fingerprint density at radius 1 is 1.20 bits per heavy atom. The summed E-state index contributed by atoms with van der Waals surface area (Å²) in [5.74, 6) is -0.398. The third kappa shape index (κ3) is 3.38. The molecule has 0 saturated carbocycles. The van der Waals surface area contributed by atoms with Crippen molar-refractivity contribution in [3.8, 4) is 0 Å². The second-order valence-corrected chi connectivity index (χ2v) is 6.51. The summed E-state index contributed by atoms with van der Waals surface area (Å²) in [6, 6.07) is 7.67. The summed E-state index contributed by atoms with van der Waals surface area (Å²) < 4.78 is 18.4. The Morgan fingerprint density at radius 2 is 1.88 bits per heavy atom. The molecule has 0 aliphatic heterocycles. The van der Waals surface area contributed by atoms with Crippen LogP contribution in [-0.2, 0) is 0 Å². The second-order valence-electron chi connectivity index (χ2n) is 6.51. The number of benzene rings is 1. The van der Waals surface area contributed by atoms with Crippen LogP contribution in [0.5, 0.6) is 0 Å². The van der Waals surface area contributed by atoms with Crippen molar-refractivity contribution in [1.29, 1.82) is 0 Å². The number of carbonyl (C=O) groups excluding carboxylic acids is 1. The molecule has 1 aromatic carbocycles. The van der Waals surface area contributed by atoms with Crippen molar-refractivity contribution in [3.63, 3.8) is 0 Å². The summed E-state index contributed by atoms with van der Waals surface area (Å²) >= 11 is 0. The van der Waals surface area contributed by atoms with Crippen LogP contribution in [-0.4, -0.2) is 16.0 Å². The Balaban J connectivity index is 1.97. The van der Waals surface area contributed by atoms with Gasteiger partial charge in [0, 0.05) is 5.69 Å². The van der Waals surface area contributed by atoms with E-state index in [9.17, 15) is 9.18 Å². The van der Waals surface area contributed by atoms with Crippen LogP contribution in [0.4, 0.5) is 4.39 Å². The van der Waals surface area contributed by atoms with Gasteiger partial charge in [-0.1, -0.05) is 31.1 Å². The number of carbonyl (C=O) groups is 1. The minimum Gasteiger partial charge on any atom is -0.345 e. The first kappa shape index (κ1) is 17.1. The Labute approximate surface area is 145 Å². The summed E-state index contributed by atoms with van der Waals surface area (Å²) in [6.45, 7) is 7.59. The highest BCUT2D eigenvalue weighted by atomic mass is 19.1. The van der Waals surface area contributed by atoms with E-state index in [1.54, 1.807) is 32.0 Å². The van der Waals surface area contributed by atoms with Crippen molar-refractivity contribution in [2.24, 2.45) is 5.92 Å². The molecule has 0 bridgehead atoms. The van der Waals surface area contributed by atoms with E-state index < -0.39 is 0 Å². The molecule has 1 amide bonds. The van der Waals surface area contributed by atoms with E-state index in [0.29, 0.717) is 28.1 Å². The summed E-state index contributed by atoms with van der Waals surface area (Å²) in [4.78, 5) is 17.2. The Hall–Kier alpha value is -2.76. The molecule has 2 aromatic heterocycles. The number of hydrogen-bond acceptors (Lipinski definition) is 4. The predicted molar refractivity (Wildman–Crippen MR) is 92.7 cm³/mol. The van der Waals surface area contributed by atoms with Crippen molar-refractivity contribution in [2.75, 3.05) is 0 Å². The van der Waals surface area contributed by atoms with E-state index >= 15 is 0 Å². The molecular formula is C19H20FN3O2. The van der Waals surface area contributed by atoms with Gasteiger partial charge in [-0.3, -0.25) is 4.79 Å². The molecular weight excluding hydrogens is 321 g/mol. The van der Waals surface area contributed by atoms with Crippen molar-refractivity contribution in [3.05, 3.63) is 58.7 Å². The maximum Gasteiger partial charge on any atom is 0.258 e. The average molecular weight is 341 g/mol. The SMILES string of the molecule is Cc1cc(C(=O)NC(c2ccc(F)cc2)C(C)C)c2c(C)noc2n1. The topological polar surface area (TPSA) is 68.0 Å². The Morgan fingerprint density at radius 3 is 2.52 bits per heavy atom. The molecule has 3 rings (SSSR count). The minimum absolute atomic E-state index is 0.136. The first-order valence-electron chi connectivity index (χ1n) is 8.16. The lowest BCUT2D eigenvalue weighted by molar-refractivity contribution is 0.0927. The van der Waals surface area contributed by atoms with Gasteiger partial charge in [0.1, 0.15) is 5.82 Å². The number of aryl methyl sites for hydroxylation is 2. The van der Waals surface area contributed by atoms with Gasteiger partial charge >= 0.3 is 0 Å². The number of hydrogen-bond donors (Lipinski definition) is 1. The third-order valence-electron chi connectivity index (χ3n) is 4.17. The number of rotatable bonds is 4. The van der Waals surface area contributed by atoms with Crippen LogP contribution in [0.3, 0.4) is 0 Å². The van der Waals surface area contributed by atoms with Crippen LogP contribution in [0, 0.1) is 25.6 Å². The third-order valence-corrected chi connectivity index (χ3v) is 4.17. The smallest absolute Gasteiger partial charge is 0.258 e. The van der Waals surface area contributed by atoms with Gasteiger partial charge in [0.05, 0.1) is 22.7 Å². The molecule has 0 spiro atoms. The molecule has 1 N–H and O–H groups in total. The largest absolute Gasteiger partial charge is 0.345 e. The Bertz CT molecular complexity index is 916. The van der Waals surface area contributed by atoms with Gasteiger partial charge in [-0.2, -0.15) is 0 Å². The lowest BCUT2D eigenvalue weighted by atomic mass is 9.95. The van der Waals surface area contributed by atoms with Crippen LogP contribution in [0.25, 0.3) is 11.1 Å². The maximum atomic E-state index is 13.2. The van der Waals surface area contributed by atoms with Gasteiger partial charge in [-0.25, -0.2) is 9.37 Å². The van der Waals surface area contributed by atoms with Gasteiger partial charge in [-0.15, -0.1) is 0 Å². The molecule has 1 unspecified atom stereocenters. The van der Waals surface area contributed by atoms with Gasteiger partial charge < -0.3 is 9.84 Å². The second kappa shape index (κ2) is 6.63. The van der Waals surface area contributed by atoms with E-state index in [2.05, 4.69) is 15.5 Å². The zero-order valence-electron chi connectivity index (χ0n) is 14.6. The highest BCUT2D eigenvalue weighted by molar-refractivity contribution is 6.06. The first-order valence-corrected chi connectivity index (χ1v) is 8.16. The number of amides is 1. The van der Waals surface area contributed by atoms with E-state index in [-0.39, 0.29) is 23.7 Å². The summed E-state index contributed by atoms with van der Waals surface area (Å²) in [7, 11) is 0. The molecule has 3 aromatic rings. The predicted octanol–water partition coefficient (Wildman–Crippen LogP) is 4.11. The van der Waals surface area contributed by atoms with Gasteiger partial charge in [-0.05, 0) is 43.5 Å². The van der Waals surface area contributed by atoms with Crippen molar-refractivity contribution in [1.82, 2.24) is 15.5 Å². The maximum absolute atomic E-state index is 13.2. The molecule has 0 aliphatic carbocycles. The van der Waals surface area contributed by atoms with E-state index in [4.69, 9.17) is 4.52 Å².